The number of fused-ring (bicyclic) bond motifs is 1. The second-order valence-corrected chi connectivity index (χ2v) is 7.69. The van der Waals surface area contributed by atoms with E-state index < -0.39 is 24.2 Å². The lowest BCUT2D eigenvalue weighted by Crippen LogP contribution is -2.50. The Bertz CT molecular complexity index is 1110. The maximum atomic E-state index is 14.1. The van der Waals surface area contributed by atoms with Crippen LogP contribution < -0.4 is 4.90 Å². The average molecular weight is 438 g/mol. The maximum Gasteiger partial charge on any atom is 0.314 e. The standard InChI is InChI=1S/C20H15Cl2F2N3O2/c21-14-5-4-11(8-15(14)22)12-2-1-3-16-17(12)18(26-10-25-16)27-7-6-20(23,24)13(9-27)19(28)29/h1-5,8,10,13H,6-7,9H2,(H,28,29)/t13-/m1/s1. The van der Waals surface area contributed by atoms with Gasteiger partial charge in [-0.3, -0.25) is 4.79 Å². The molecular formula is C20H15Cl2F2N3O2. The van der Waals surface area contributed by atoms with Crippen LogP contribution in [0.5, 0.6) is 0 Å². The number of aromatic nitrogens is 2. The Morgan fingerprint density at radius 1 is 1.17 bits per heavy atom. The predicted octanol–water partition coefficient (Wildman–Crippen LogP) is 5.15. The summed E-state index contributed by atoms with van der Waals surface area (Å²) in [5, 5.41) is 10.7. The molecule has 1 fully saturated rings. The van der Waals surface area contributed by atoms with Crippen molar-refractivity contribution in [3.05, 3.63) is 52.8 Å². The normalized spacial score (nSPS) is 18.8. The van der Waals surface area contributed by atoms with Crippen LogP contribution in [0, 0.1) is 5.92 Å². The molecule has 1 N–H and O–H groups in total. The van der Waals surface area contributed by atoms with E-state index in [9.17, 15) is 18.7 Å². The average Bonchev–Trinajstić information content (AvgIpc) is 2.69. The molecule has 29 heavy (non-hydrogen) atoms. The van der Waals surface area contributed by atoms with E-state index in [0.29, 0.717) is 26.8 Å². The first-order valence-electron chi connectivity index (χ1n) is 8.82. The number of piperidine rings is 1. The molecule has 0 amide bonds. The number of halogens is 4. The van der Waals surface area contributed by atoms with Crippen molar-refractivity contribution in [2.24, 2.45) is 5.92 Å². The molecule has 0 saturated carbocycles. The van der Waals surface area contributed by atoms with Gasteiger partial charge in [0.15, 0.2) is 0 Å². The fourth-order valence-electron chi connectivity index (χ4n) is 3.59. The minimum absolute atomic E-state index is 0.0153. The van der Waals surface area contributed by atoms with Crippen molar-refractivity contribution in [1.29, 1.82) is 0 Å². The molecule has 1 atom stereocenters. The minimum Gasteiger partial charge on any atom is -0.481 e. The summed E-state index contributed by atoms with van der Waals surface area (Å²) >= 11 is 12.2. The number of carboxylic acid groups (broad SMARTS) is 1. The molecule has 150 valence electrons. The third-order valence-corrected chi connectivity index (χ3v) is 5.84. The first kappa shape index (κ1) is 19.8. The third kappa shape index (κ3) is 3.60. The summed E-state index contributed by atoms with van der Waals surface area (Å²) in [6.07, 6.45) is 0.781. The molecule has 1 aliphatic heterocycles. The molecule has 0 unspecified atom stereocenters. The van der Waals surface area contributed by atoms with E-state index in [1.807, 2.05) is 12.1 Å². The zero-order valence-corrected chi connectivity index (χ0v) is 16.5. The number of benzene rings is 2. The van der Waals surface area contributed by atoms with E-state index in [4.69, 9.17) is 23.2 Å². The highest BCUT2D eigenvalue weighted by molar-refractivity contribution is 6.42. The Morgan fingerprint density at radius 3 is 2.69 bits per heavy atom. The van der Waals surface area contributed by atoms with Crippen molar-refractivity contribution < 1.29 is 18.7 Å². The van der Waals surface area contributed by atoms with Gasteiger partial charge in [0.1, 0.15) is 18.1 Å². The number of aliphatic carboxylic acids is 1. The van der Waals surface area contributed by atoms with Gasteiger partial charge in [0.25, 0.3) is 5.92 Å². The van der Waals surface area contributed by atoms with Gasteiger partial charge in [-0.25, -0.2) is 18.7 Å². The summed E-state index contributed by atoms with van der Waals surface area (Å²) in [4.78, 5) is 21.6. The highest BCUT2D eigenvalue weighted by atomic mass is 35.5. The topological polar surface area (TPSA) is 66.3 Å². The van der Waals surface area contributed by atoms with Gasteiger partial charge in [0.05, 0.1) is 20.9 Å². The SMILES string of the molecule is O=C(O)[C@H]1CN(c2ncnc3cccc(-c4ccc(Cl)c(Cl)c4)c23)CCC1(F)F. The Labute approximate surface area is 174 Å². The number of alkyl halides is 2. The van der Waals surface area contributed by atoms with E-state index in [-0.39, 0.29) is 13.1 Å². The molecule has 0 spiro atoms. The van der Waals surface area contributed by atoms with Crippen LogP contribution >= 0.6 is 23.2 Å². The highest BCUT2D eigenvalue weighted by Crippen LogP contribution is 2.40. The largest absolute Gasteiger partial charge is 0.481 e. The molecule has 2 aromatic carbocycles. The van der Waals surface area contributed by atoms with Crippen molar-refractivity contribution in [3.63, 3.8) is 0 Å². The molecule has 2 heterocycles. The maximum absolute atomic E-state index is 14.1. The van der Waals surface area contributed by atoms with Gasteiger partial charge in [-0.05, 0) is 29.3 Å². The molecule has 1 aromatic heterocycles. The number of hydrogen-bond donors (Lipinski definition) is 1. The predicted molar refractivity (Wildman–Crippen MR) is 108 cm³/mol. The number of rotatable bonds is 3. The minimum atomic E-state index is -3.27. The van der Waals surface area contributed by atoms with Gasteiger partial charge in [-0.1, -0.05) is 41.4 Å². The smallest absolute Gasteiger partial charge is 0.314 e. The van der Waals surface area contributed by atoms with E-state index in [1.165, 1.54) is 6.33 Å². The Morgan fingerprint density at radius 2 is 1.97 bits per heavy atom. The highest BCUT2D eigenvalue weighted by Gasteiger charge is 2.49. The van der Waals surface area contributed by atoms with Crippen LogP contribution in [0.3, 0.4) is 0 Å². The number of carboxylic acids is 1. The van der Waals surface area contributed by atoms with E-state index >= 15 is 0 Å². The van der Waals surface area contributed by atoms with Gasteiger partial charge in [0.2, 0.25) is 0 Å². The van der Waals surface area contributed by atoms with Gasteiger partial charge in [-0.15, -0.1) is 0 Å². The van der Waals surface area contributed by atoms with Crippen LogP contribution in [0.1, 0.15) is 6.42 Å². The molecule has 5 nitrogen and oxygen atoms in total. The number of anilines is 1. The lowest BCUT2D eigenvalue weighted by Gasteiger charge is -2.37. The number of hydrogen-bond acceptors (Lipinski definition) is 4. The van der Waals surface area contributed by atoms with Crippen molar-refractivity contribution in [2.45, 2.75) is 12.3 Å². The van der Waals surface area contributed by atoms with Crippen LogP contribution in [0.15, 0.2) is 42.7 Å². The summed E-state index contributed by atoms with van der Waals surface area (Å²) in [5.74, 6) is -6.18. The lowest BCUT2D eigenvalue weighted by atomic mass is 9.93. The molecular weight excluding hydrogens is 423 g/mol. The Kier molecular flexibility index (Phi) is 5.04. The summed E-state index contributed by atoms with van der Waals surface area (Å²) in [5.41, 5.74) is 2.13. The van der Waals surface area contributed by atoms with Crippen LogP contribution in [0.2, 0.25) is 10.0 Å². The van der Waals surface area contributed by atoms with Crippen LogP contribution in [0.25, 0.3) is 22.0 Å². The lowest BCUT2D eigenvalue weighted by molar-refractivity contribution is -0.158. The van der Waals surface area contributed by atoms with Gasteiger partial charge < -0.3 is 10.0 Å². The first-order chi connectivity index (χ1) is 13.8. The quantitative estimate of drug-likeness (QED) is 0.613. The summed E-state index contributed by atoms with van der Waals surface area (Å²) in [7, 11) is 0. The molecule has 0 aliphatic carbocycles. The van der Waals surface area contributed by atoms with Crippen molar-refractivity contribution in [1.82, 2.24) is 9.97 Å². The first-order valence-corrected chi connectivity index (χ1v) is 9.58. The molecule has 3 aromatic rings. The van der Waals surface area contributed by atoms with Crippen molar-refractivity contribution in [2.75, 3.05) is 18.0 Å². The molecule has 1 saturated heterocycles. The van der Waals surface area contributed by atoms with Crippen LogP contribution in [0.4, 0.5) is 14.6 Å². The van der Waals surface area contributed by atoms with E-state index in [2.05, 4.69) is 9.97 Å². The van der Waals surface area contributed by atoms with Crippen LogP contribution in [-0.4, -0.2) is 40.1 Å². The molecule has 0 radical (unpaired) electrons. The van der Waals surface area contributed by atoms with Crippen LogP contribution in [-0.2, 0) is 4.79 Å². The van der Waals surface area contributed by atoms with Crippen molar-refractivity contribution >= 4 is 45.9 Å². The molecule has 0 bridgehead atoms. The number of nitrogens with zero attached hydrogens (tertiary/aromatic N) is 3. The zero-order chi connectivity index (χ0) is 20.8. The second kappa shape index (κ2) is 7.39. The second-order valence-electron chi connectivity index (χ2n) is 6.87. The number of carbonyl (C=O) groups is 1. The van der Waals surface area contributed by atoms with Gasteiger partial charge >= 0.3 is 5.97 Å². The van der Waals surface area contributed by atoms with Gasteiger partial charge in [-0.2, -0.15) is 0 Å². The third-order valence-electron chi connectivity index (χ3n) is 5.10. The monoisotopic (exact) mass is 437 g/mol. The fourth-order valence-corrected chi connectivity index (χ4v) is 3.89. The van der Waals surface area contributed by atoms with Gasteiger partial charge in [0, 0.05) is 19.5 Å². The van der Waals surface area contributed by atoms with E-state index in [0.717, 1.165) is 11.1 Å². The van der Waals surface area contributed by atoms with E-state index in [1.54, 1.807) is 29.2 Å². The molecule has 9 heteroatoms. The fraction of sp³-hybridized carbons (Fsp3) is 0.250. The summed E-state index contributed by atoms with van der Waals surface area (Å²) in [6.45, 7) is -0.358. The summed E-state index contributed by atoms with van der Waals surface area (Å²) in [6, 6.07) is 10.6. The molecule has 1 aliphatic rings. The zero-order valence-electron chi connectivity index (χ0n) is 14.9. The Hall–Kier alpha value is -2.51. The molecule has 4 rings (SSSR count). The summed E-state index contributed by atoms with van der Waals surface area (Å²) < 4.78 is 28.2. The van der Waals surface area contributed by atoms with Crippen molar-refractivity contribution in [3.8, 4) is 11.1 Å². The Balaban J connectivity index is 1.86.